The molecule has 3 heterocycles. The van der Waals surface area contributed by atoms with Crippen molar-refractivity contribution in [2.75, 3.05) is 13.2 Å². The van der Waals surface area contributed by atoms with Gasteiger partial charge in [0.2, 0.25) is 5.78 Å². The molecule has 6 nitrogen and oxygen atoms in total. The average Bonchev–Trinajstić information content (AvgIpc) is 3.68. The number of aliphatic hydroxyl groups excluding tert-OH is 1. The molecule has 8 bridgehead atoms. The fourth-order valence-electron chi connectivity index (χ4n) is 6.24. The maximum absolute atomic E-state index is 13.7. The SMILES string of the molecule is CCc1c2[nH]c(c1CC)C(=O)/C=C(/O)c1[nH]c(c(CC)c1CC)C#Cc1cccc(c1)OCCC/C=C\CCCOc1cccc(c1)C#C2. The number of aromatic amines is 2. The predicted octanol–water partition coefficient (Wildman–Crippen LogP) is 9.06. The summed E-state index contributed by atoms with van der Waals surface area (Å²) in [5.41, 5.74) is 8.01. The Labute approximate surface area is 290 Å². The highest BCUT2D eigenvalue weighted by Crippen LogP contribution is 2.27. The van der Waals surface area contributed by atoms with Gasteiger partial charge in [-0.15, -0.1) is 0 Å². The summed E-state index contributed by atoms with van der Waals surface area (Å²) in [5.74, 6) is 14.2. The summed E-state index contributed by atoms with van der Waals surface area (Å²) in [5, 5.41) is 11.4. The van der Waals surface area contributed by atoms with Crippen LogP contribution in [0.15, 0.2) is 66.8 Å². The molecule has 0 radical (unpaired) electrons. The largest absolute Gasteiger partial charge is 0.506 e. The maximum Gasteiger partial charge on any atom is 0.206 e. The second-order valence-corrected chi connectivity index (χ2v) is 12.0. The molecule has 1 aliphatic rings. The third kappa shape index (κ3) is 8.78. The van der Waals surface area contributed by atoms with Gasteiger partial charge in [-0.1, -0.05) is 63.8 Å². The first-order chi connectivity index (χ1) is 23.9. The van der Waals surface area contributed by atoms with Crippen molar-refractivity contribution in [1.82, 2.24) is 9.97 Å². The summed E-state index contributed by atoms with van der Waals surface area (Å²) in [6, 6.07) is 15.6. The number of aromatic nitrogens is 2. The van der Waals surface area contributed by atoms with Crippen LogP contribution in [0.5, 0.6) is 11.5 Å². The van der Waals surface area contributed by atoms with E-state index in [2.05, 4.69) is 59.6 Å². The van der Waals surface area contributed by atoms with Crippen LogP contribution in [-0.2, 0) is 25.7 Å². The van der Waals surface area contributed by atoms with Gasteiger partial charge in [-0.2, -0.15) is 0 Å². The molecule has 6 heteroatoms. The standard InChI is InChI=1S/C43H46N2O4/c1-5-34-36(7-3)42-40(46)29-41(47)43-37(8-4)35(6-2)39(45-43)24-22-31-18-16-20-33(28-31)49-26-14-12-10-9-11-13-25-48-32-19-15-17-30(27-32)21-23-38(34)44-42/h9-10,15-20,27-29,44-46H,5-8,11-14,25-26H2,1-4H3/b10-9-,40-29+. The summed E-state index contributed by atoms with van der Waals surface area (Å²) in [6.07, 6.45) is 12.2. The van der Waals surface area contributed by atoms with E-state index in [1.54, 1.807) is 0 Å². The zero-order valence-electron chi connectivity index (χ0n) is 29.1. The molecule has 0 unspecified atom stereocenters. The quantitative estimate of drug-likeness (QED) is 0.151. The van der Waals surface area contributed by atoms with Gasteiger partial charge in [0.05, 0.1) is 36.0 Å². The fraction of sp³-hybridized carbons (Fsp3) is 0.326. The summed E-state index contributed by atoms with van der Waals surface area (Å²) in [6.45, 7) is 9.45. The molecule has 0 fully saturated rings. The molecule has 5 rings (SSSR count). The number of nitrogens with one attached hydrogen (secondary N) is 2. The minimum Gasteiger partial charge on any atom is -0.506 e. The van der Waals surface area contributed by atoms with Crippen molar-refractivity contribution in [2.24, 2.45) is 0 Å². The molecule has 0 saturated carbocycles. The third-order valence-electron chi connectivity index (χ3n) is 8.69. The number of allylic oxidation sites excluding steroid dienone is 3. The average molecular weight is 655 g/mol. The number of hydrogen-bond acceptors (Lipinski definition) is 4. The van der Waals surface area contributed by atoms with Gasteiger partial charge in [0.1, 0.15) is 17.3 Å². The van der Waals surface area contributed by atoms with Crippen LogP contribution >= 0.6 is 0 Å². The zero-order valence-corrected chi connectivity index (χ0v) is 29.1. The normalized spacial score (nSPS) is 15.8. The van der Waals surface area contributed by atoms with Crippen LogP contribution < -0.4 is 9.47 Å². The maximum atomic E-state index is 13.7. The Hall–Kier alpha value is -5.33. The van der Waals surface area contributed by atoms with E-state index in [9.17, 15) is 9.90 Å². The molecule has 2 aromatic heterocycles. The van der Waals surface area contributed by atoms with Gasteiger partial charge in [-0.3, -0.25) is 4.79 Å². The second kappa shape index (κ2) is 17.2. The summed E-state index contributed by atoms with van der Waals surface area (Å²) >= 11 is 0. The van der Waals surface area contributed by atoms with Crippen LogP contribution in [0.2, 0.25) is 0 Å². The Kier molecular flexibility index (Phi) is 12.3. The number of fused-ring (bicyclic) bond motifs is 8. The number of aliphatic hydroxyl groups is 1. The Bertz CT molecular complexity index is 1970. The highest BCUT2D eigenvalue weighted by atomic mass is 16.5. The van der Waals surface area contributed by atoms with Gasteiger partial charge < -0.3 is 24.5 Å². The third-order valence-corrected chi connectivity index (χ3v) is 8.69. The summed E-state index contributed by atoms with van der Waals surface area (Å²) < 4.78 is 12.0. The molecule has 0 aliphatic carbocycles. The lowest BCUT2D eigenvalue weighted by molar-refractivity contribution is 0.104. The molecule has 1 aliphatic heterocycles. The first kappa shape index (κ1) is 35.0. The van der Waals surface area contributed by atoms with Crippen LogP contribution in [0.4, 0.5) is 0 Å². The van der Waals surface area contributed by atoms with E-state index >= 15 is 0 Å². The van der Waals surface area contributed by atoms with E-state index in [4.69, 9.17) is 9.47 Å². The number of benzene rings is 2. The highest BCUT2D eigenvalue weighted by Gasteiger charge is 2.21. The minimum atomic E-state index is -0.301. The Balaban J connectivity index is 1.53. The van der Waals surface area contributed by atoms with Gasteiger partial charge in [0, 0.05) is 17.2 Å². The molecular weight excluding hydrogens is 608 g/mol. The van der Waals surface area contributed by atoms with Crippen molar-refractivity contribution in [3.8, 4) is 35.2 Å². The number of ether oxygens (including phenoxy) is 2. The van der Waals surface area contributed by atoms with E-state index in [0.29, 0.717) is 43.1 Å². The van der Waals surface area contributed by atoms with Gasteiger partial charge in [-0.25, -0.2) is 0 Å². The number of ketones is 1. The lowest BCUT2D eigenvalue weighted by Gasteiger charge is -2.06. The number of rotatable bonds is 4. The van der Waals surface area contributed by atoms with Crippen molar-refractivity contribution < 1.29 is 19.4 Å². The Morgan fingerprint density at radius 2 is 1.12 bits per heavy atom. The van der Waals surface area contributed by atoms with E-state index < -0.39 is 0 Å². The molecule has 4 aromatic rings. The first-order valence-electron chi connectivity index (χ1n) is 17.5. The van der Waals surface area contributed by atoms with Gasteiger partial charge in [-0.05, 0) is 122 Å². The molecule has 0 saturated heterocycles. The number of carbonyl (C=O) groups excluding carboxylic acids is 1. The molecule has 252 valence electrons. The monoisotopic (exact) mass is 654 g/mol. The molecule has 49 heavy (non-hydrogen) atoms. The van der Waals surface area contributed by atoms with Crippen LogP contribution in [0.25, 0.3) is 5.76 Å². The molecule has 0 atom stereocenters. The molecule has 0 amide bonds. The van der Waals surface area contributed by atoms with Gasteiger partial charge >= 0.3 is 0 Å². The zero-order chi connectivity index (χ0) is 34.6. The van der Waals surface area contributed by atoms with E-state index in [1.165, 1.54) is 6.08 Å². The lowest BCUT2D eigenvalue weighted by Crippen LogP contribution is -2.02. The van der Waals surface area contributed by atoms with Gasteiger partial charge in [0.25, 0.3) is 0 Å². The summed E-state index contributed by atoms with van der Waals surface area (Å²) in [7, 11) is 0. The van der Waals surface area contributed by atoms with Crippen molar-refractivity contribution in [1.29, 1.82) is 0 Å². The molecule has 3 N–H and O–H groups in total. The fourth-order valence-corrected chi connectivity index (χ4v) is 6.24. The smallest absolute Gasteiger partial charge is 0.206 e. The van der Waals surface area contributed by atoms with Crippen molar-refractivity contribution in [2.45, 2.75) is 79.1 Å². The second-order valence-electron chi connectivity index (χ2n) is 12.0. The van der Waals surface area contributed by atoms with E-state index in [1.807, 2.05) is 62.4 Å². The number of H-pyrrole nitrogens is 2. The summed E-state index contributed by atoms with van der Waals surface area (Å²) in [4.78, 5) is 20.4. The highest BCUT2D eigenvalue weighted by molar-refractivity contribution is 6.08. The van der Waals surface area contributed by atoms with E-state index in [0.717, 1.165) is 89.1 Å². The first-order valence-corrected chi connectivity index (χ1v) is 17.5. The number of hydrogen-bond donors (Lipinski definition) is 3. The Morgan fingerprint density at radius 3 is 1.61 bits per heavy atom. The van der Waals surface area contributed by atoms with Crippen molar-refractivity contribution in [3.05, 3.63) is 123 Å². The predicted molar refractivity (Wildman–Crippen MR) is 197 cm³/mol. The minimum absolute atomic E-state index is 0.113. The molecule has 0 spiro atoms. The van der Waals surface area contributed by atoms with Crippen LogP contribution in [0, 0.1) is 23.7 Å². The van der Waals surface area contributed by atoms with Crippen LogP contribution in [0.1, 0.15) is 114 Å². The number of carbonyl (C=O) groups is 1. The van der Waals surface area contributed by atoms with Crippen molar-refractivity contribution in [3.63, 3.8) is 0 Å². The van der Waals surface area contributed by atoms with Crippen LogP contribution in [-0.4, -0.2) is 34.1 Å². The van der Waals surface area contributed by atoms with Crippen LogP contribution in [0.3, 0.4) is 0 Å². The van der Waals surface area contributed by atoms with Gasteiger partial charge in [0.15, 0.2) is 0 Å². The molecule has 2 aromatic carbocycles. The lowest BCUT2D eigenvalue weighted by atomic mass is 10.0. The molecular formula is C43H46N2O4. The van der Waals surface area contributed by atoms with E-state index in [-0.39, 0.29) is 11.5 Å². The Morgan fingerprint density at radius 1 is 0.653 bits per heavy atom. The van der Waals surface area contributed by atoms with Crippen molar-refractivity contribution >= 4 is 11.5 Å². The topological polar surface area (TPSA) is 87.3 Å².